The minimum atomic E-state index is -0.896. The molecule has 0 spiro atoms. The third-order valence-electron chi connectivity index (χ3n) is 5.92. The summed E-state index contributed by atoms with van der Waals surface area (Å²) in [6.45, 7) is 12.4. The van der Waals surface area contributed by atoms with E-state index in [0.29, 0.717) is 33.0 Å². The van der Waals surface area contributed by atoms with Crippen molar-refractivity contribution >= 4 is 5.97 Å². The van der Waals surface area contributed by atoms with E-state index in [2.05, 4.69) is 44.7 Å². The summed E-state index contributed by atoms with van der Waals surface area (Å²) < 4.78 is 32.4. The van der Waals surface area contributed by atoms with E-state index in [-0.39, 0.29) is 30.3 Å². The molecular weight excluding hydrogens is 476 g/mol. The molecule has 2 unspecified atom stereocenters. The van der Waals surface area contributed by atoms with Crippen molar-refractivity contribution in [2.75, 3.05) is 52.9 Å². The average Bonchev–Trinajstić information content (AvgIpc) is 3.72. The minimum absolute atomic E-state index is 0.0490. The van der Waals surface area contributed by atoms with Gasteiger partial charge in [-0.1, -0.05) is 44.7 Å². The van der Waals surface area contributed by atoms with Crippen molar-refractivity contribution in [1.82, 2.24) is 0 Å². The lowest BCUT2D eigenvalue weighted by Gasteiger charge is -2.26. The Kier molecular flexibility index (Phi) is 11.0. The molecule has 3 rings (SSSR count). The highest BCUT2D eigenvalue weighted by Gasteiger charge is 2.23. The smallest absolute Gasteiger partial charge is 0.333 e. The zero-order chi connectivity index (χ0) is 26.7. The number of hydrogen-bond donors (Lipinski definition) is 1. The van der Waals surface area contributed by atoms with Gasteiger partial charge in [-0.25, -0.2) is 4.79 Å². The number of hydrogen-bond acceptors (Lipinski definition) is 8. The van der Waals surface area contributed by atoms with E-state index in [9.17, 15) is 9.90 Å². The molecular formula is C29H38O8. The van der Waals surface area contributed by atoms with E-state index in [1.807, 2.05) is 24.3 Å². The first-order valence-electron chi connectivity index (χ1n) is 12.5. The molecule has 2 aromatic carbocycles. The summed E-state index contributed by atoms with van der Waals surface area (Å²) in [6, 6.07) is 16.1. The largest absolute Gasteiger partial charge is 0.491 e. The second-order valence-electron chi connectivity index (χ2n) is 9.51. The monoisotopic (exact) mass is 514 g/mol. The highest BCUT2D eigenvalue weighted by atomic mass is 16.6. The fourth-order valence-electron chi connectivity index (χ4n) is 3.48. The van der Waals surface area contributed by atoms with Gasteiger partial charge in [-0.2, -0.15) is 0 Å². The van der Waals surface area contributed by atoms with Gasteiger partial charge in [-0.15, -0.1) is 0 Å². The molecule has 2 aromatic rings. The van der Waals surface area contributed by atoms with Gasteiger partial charge in [-0.05, 0) is 42.3 Å². The number of aliphatic hydroxyl groups is 1. The second kappa shape index (κ2) is 14.1. The van der Waals surface area contributed by atoms with Crippen LogP contribution in [-0.2, 0) is 29.2 Å². The van der Waals surface area contributed by atoms with Crippen LogP contribution in [0.15, 0.2) is 60.7 Å². The summed E-state index contributed by atoms with van der Waals surface area (Å²) in [5.74, 6) is 1.02. The quantitative estimate of drug-likeness (QED) is 0.148. The van der Waals surface area contributed by atoms with Gasteiger partial charge in [0, 0.05) is 11.0 Å². The lowest BCUT2D eigenvalue weighted by atomic mass is 9.78. The normalized spacial score (nSPS) is 15.6. The summed E-state index contributed by atoms with van der Waals surface area (Å²) in [5.41, 5.74) is 2.43. The van der Waals surface area contributed by atoms with Crippen LogP contribution >= 0.6 is 0 Å². The Morgan fingerprint density at radius 2 is 1.46 bits per heavy atom. The number of carbonyl (C=O) groups is 1. The fraction of sp³-hybridized carbons (Fsp3) is 0.483. The van der Waals surface area contributed by atoms with Crippen molar-refractivity contribution in [1.29, 1.82) is 0 Å². The van der Waals surface area contributed by atoms with Gasteiger partial charge in [0.2, 0.25) is 0 Å². The molecule has 8 heteroatoms. The molecule has 1 aliphatic rings. The first-order chi connectivity index (χ1) is 17.8. The van der Waals surface area contributed by atoms with E-state index in [1.165, 1.54) is 5.56 Å². The molecule has 0 bridgehead atoms. The number of epoxide rings is 1. The van der Waals surface area contributed by atoms with Gasteiger partial charge in [0.25, 0.3) is 0 Å². The van der Waals surface area contributed by atoms with Crippen molar-refractivity contribution < 1.29 is 38.3 Å². The molecule has 1 fully saturated rings. The molecule has 0 aliphatic carbocycles. The van der Waals surface area contributed by atoms with Gasteiger partial charge in [0.15, 0.2) is 0 Å². The third-order valence-corrected chi connectivity index (χ3v) is 5.92. The molecule has 0 radical (unpaired) electrons. The minimum Gasteiger partial charge on any atom is -0.491 e. The summed E-state index contributed by atoms with van der Waals surface area (Å²) >= 11 is 0. The first kappa shape index (κ1) is 28.7. The van der Waals surface area contributed by atoms with Gasteiger partial charge < -0.3 is 33.5 Å². The number of ether oxygens (including phenoxy) is 6. The van der Waals surface area contributed by atoms with Crippen molar-refractivity contribution in [3.8, 4) is 11.5 Å². The van der Waals surface area contributed by atoms with E-state index in [4.69, 9.17) is 28.4 Å². The van der Waals surface area contributed by atoms with Crippen LogP contribution in [0.25, 0.3) is 0 Å². The van der Waals surface area contributed by atoms with Crippen LogP contribution < -0.4 is 9.47 Å². The number of rotatable bonds is 17. The molecule has 0 saturated carbocycles. The predicted molar refractivity (Wildman–Crippen MR) is 139 cm³/mol. The van der Waals surface area contributed by atoms with Gasteiger partial charge in [-0.3, -0.25) is 0 Å². The molecule has 1 aliphatic heterocycles. The molecule has 0 aromatic heterocycles. The Hall–Kier alpha value is -2.91. The van der Waals surface area contributed by atoms with Gasteiger partial charge >= 0.3 is 5.97 Å². The van der Waals surface area contributed by atoms with Crippen LogP contribution in [0, 0.1) is 0 Å². The Morgan fingerprint density at radius 3 is 1.95 bits per heavy atom. The molecule has 0 amide bonds. The van der Waals surface area contributed by atoms with Crippen molar-refractivity contribution in [3.05, 3.63) is 71.8 Å². The summed E-state index contributed by atoms with van der Waals surface area (Å²) in [5, 5.41) is 9.80. The van der Waals surface area contributed by atoms with E-state index in [1.54, 1.807) is 6.92 Å². The van der Waals surface area contributed by atoms with Crippen molar-refractivity contribution in [2.45, 2.75) is 38.4 Å². The van der Waals surface area contributed by atoms with Crippen LogP contribution in [-0.4, -0.2) is 76.1 Å². The van der Waals surface area contributed by atoms with E-state index >= 15 is 0 Å². The first-order valence-corrected chi connectivity index (χ1v) is 12.5. The van der Waals surface area contributed by atoms with Crippen LogP contribution in [0.4, 0.5) is 0 Å². The highest BCUT2D eigenvalue weighted by Crippen LogP contribution is 2.33. The van der Waals surface area contributed by atoms with Crippen LogP contribution in [0.2, 0.25) is 0 Å². The molecule has 2 atom stereocenters. The number of benzene rings is 2. The molecule has 1 N–H and O–H groups in total. The SMILES string of the molecule is C=C(C)C(=O)OCC(O)COCCOc1ccc(C(C)(C)c2ccc(OCCOCC3CO3)cc2)cc1. The van der Waals surface area contributed by atoms with Crippen LogP contribution in [0.1, 0.15) is 31.9 Å². The highest BCUT2D eigenvalue weighted by molar-refractivity contribution is 5.86. The number of aliphatic hydroxyl groups excluding tert-OH is 1. The zero-order valence-electron chi connectivity index (χ0n) is 21.9. The lowest BCUT2D eigenvalue weighted by molar-refractivity contribution is -0.143. The zero-order valence-corrected chi connectivity index (χ0v) is 21.9. The van der Waals surface area contributed by atoms with Gasteiger partial charge in [0.1, 0.15) is 43.5 Å². The Morgan fingerprint density at radius 1 is 0.946 bits per heavy atom. The predicted octanol–water partition coefficient (Wildman–Crippen LogP) is 3.68. The molecule has 202 valence electrons. The maximum absolute atomic E-state index is 11.3. The second-order valence-corrected chi connectivity index (χ2v) is 9.51. The summed E-state index contributed by atoms with van der Waals surface area (Å²) in [7, 11) is 0. The van der Waals surface area contributed by atoms with Crippen molar-refractivity contribution in [3.63, 3.8) is 0 Å². The molecule has 37 heavy (non-hydrogen) atoms. The van der Waals surface area contributed by atoms with Crippen molar-refractivity contribution in [2.24, 2.45) is 0 Å². The Balaban J connectivity index is 1.36. The number of carbonyl (C=O) groups excluding carboxylic acids is 1. The average molecular weight is 515 g/mol. The van der Waals surface area contributed by atoms with Gasteiger partial charge in [0.05, 0.1) is 33.0 Å². The van der Waals surface area contributed by atoms with Crippen LogP contribution in [0.5, 0.6) is 11.5 Å². The lowest BCUT2D eigenvalue weighted by Crippen LogP contribution is -2.25. The standard InChI is InChI=1S/C29H38O8/c1-21(2)28(31)37-18-24(30)17-32-13-15-34-25-9-5-22(6-10-25)29(3,4)23-7-11-26(12-8-23)35-16-14-33-19-27-20-36-27/h5-12,24,27,30H,1,13-20H2,2-4H3. The maximum atomic E-state index is 11.3. The number of esters is 1. The topological polar surface area (TPSA) is 96.0 Å². The Bertz CT molecular complexity index is 980. The maximum Gasteiger partial charge on any atom is 0.333 e. The molecule has 1 heterocycles. The summed E-state index contributed by atoms with van der Waals surface area (Å²) in [4.78, 5) is 11.3. The van der Waals surface area contributed by atoms with E-state index in [0.717, 1.165) is 23.7 Å². The van der Waals surface area contributed by atoms with Crippen LogP contribution in [0.3, 0.4) is 0 Å². The fourth-order valence-corrected chi connectivity index (χ4v) is 3.48. The third kappa shape index (κ3) is 9.81. The van der Waals surface area contributed by atoms with E-state index < -0.39 is 12.1 Å². The molecule has 8 nitrogen and oxygen atoms in total. The summed E-state index contributed by atoms with van der Waals surface area (Å²) in [6.07, 6.45) is -0.624. The molecule has 1 saturated heterocycles. The Labute approximate surface area is 219 Å².